The number of nitrogens with zero attached hydrogens (tertiary/aromatic N) is 4. The van der Waals surface area contributed by atoms with Crippen molar-refractivity contribution in [3.05, 3.63) is 58.3 Å². The molecule has 1 aromatic carbocycles. The van der Waals surface area contributed by atoms with Crippen molar-refractivity contribution < 1.29 is 9.53 Å². The van der Waals surface area contributed by atoms with Gasteiger partial charge in [0.2, 0.25) is 0 Å². The molecule has 0 aliphatic carbocycles. The third kappa shape index (κ3) is 4.89. The minimum absolute atomic E-state index is 0.0299. The molecule has 1 saturated heterocycles. The summed E-state index contributed by atoms with van der Waals surface area (Å²) in [5.74, 6) is -0.0299. The molecule has 0 unspecified atom stereocenters. The molecule has 0 spiro atoms. The largest absolute Gasteiger partial charge is 0.467 e. The molecular weight excluding hydrogens is 396 g/mol. The Morgan fingerprint density at radius 2 is 1.81 bits per heavy atom. The van der Waals surface area contributed by atoms with E-state index in [0.29, 0.717) is 18.7 Å². The van der Waals surface area contributed by atoms with Crippen molar-refractivity contribution in [1.82, 2.24) is 19.8 Å². The van der Waals surface area contributed by atoms with Crippen LogP contribution in [0.1, 0.15) is 15.9 Å². The van der Waals surface area contributed by atoms with Crippen LogP contribution in [-0.4, -0.2) is 65.5 Å². The molecule has 0 radical (unpaired) electrons. The van der Waals surface area contributed by atoms with Gasteiger partial charge in [0.1, 0.15) is 0 Å². The van der Waals surface area contributed by atoms with Gasteiger partial charge < -0.3 is 9.64 Å². The molecule has 7 heteroatoms. The maximum Gasteiger partial charge on any atom is 0.316 e. The molecule has 0 bridgehead atoms. The van der Waals surface area contributed by atoms with E-state index in [1.807, 2.05) is 17.0 Å². The second kappa shape index (κ2) is 8.91. The number of hydrogen-bond acceptors (Lipinski definition) is 5. The zero-order chi connectivity index (χ0) is 18.4. The summed E-state index contributed by atoms with van der Waals surface area (Å²) in [6.45, 7) is 4.00. The highest BCUT2D eigenvalue weighted by molar-refractivity contribution is 9.10. The van der Waals surface area contributed by atoms with E-state index < -0.39 is 0 Å². The highest BCUT2D eigenvalue weighted by Crippen LogP contribution is 2.12. The van der Waals surface area contributed by atoms with Crippen molar-refractivity contribution in [2.75, 3.05) is 39.8 Å². The Labute approximate surface area is 161 Å². The first-order valence-electron chi connectivity index (χ1n) is 8.45. The van der Waals surface area contributed by atoms with Gasteiger partial charge in [-0.15, -0.1) is 0 Å². The van der Waals surface area contributed by atoms with Crippen molar-refractivity contribution in [2.24, 2.45) is 0 Å². The summed E-state index contributed by atoms with van der Waals surface area (Å²) >= 11 is 3.44. The van der Waals surface area contributed by atoms with Crippen LogP contribution in [-0.2, 0) is 0 Å². The van der Waals surface area contributed by atoms with Gasteiger partial charge in [0.15, 0.2) is 0 Å². The fourth-order valence-electron chi connectivity index (χ4n) is 2.76. The van der Waals surface area contributed by atoms with Crippen molar-refractivity contribution >= 4 is 27.9 Å². The Morgan fingerprint density at radius 1 is 1.15 bits per heavy atom. The molecule has 0 saturated carbocycles. The summed E-state index contributed by atoms with van der Waals surface area (Å²) in [6.07, 6.45) is 7.32. The van der Waals surface area contributed by atoms with E-state index in [1.54, 1.807) is 0 Å². The van der Waals surface area contributed by atoms with E-state index in [2.05, 4.69) is 55.1 Å². The minimum atomic E-state index is -0.0299. The highest BCUT2D eigenvalue weighted by Gasteiger charge is 2.22. The van der Waals surface area contributed by atoms with Gasteiger partial charge in [-0.25, -0.2) is 9.97 Å². The van der Waals surface area contributed by atoms with Crippen LogP contribution < -0.4 is 4.74 Å². The first-order chi connectivity index (χ1) is 12.7. The molecule has 1 fully saturated rings. The van der Waals surface area contributed by atoms with Gasteiger partial charge in [0.05, 0.1) is 12.7 Å². The number of carbonyl (C=O) groups is 1. The molecular formula is C19H21BrN4O2. The van der Waals surface area contributed by atoms with Crippen LogP contribution in [0.25, 0.3) is 6.08 Å². The molecule has 1 aromatic heterocycles. The summed E-state index contributed by atoms with van der Waals surface area (Å²) < 4.78 is 6.00. The number of aromatic nitrogens is 2. The zero-order valence-corrected chi connectivity index (χ0v) is 16.2. The molecule has 0 N–H and O–H groups in total. The number of methoxy groups -OCH3 is 1. The normalized spacial score (nSPS) is 15.4. The SMILES string of the molecule is COc1ncc(C(=O)N2CCN(C/C=C/c3ccc(Br)cc3)CC2)cn1. The predicted molar refractivity (Wildman–Crippen MR) is 104 cm³/mol. The van der Waals surface area contributed by atoms with Crippen LogP contribution in [0.2, 0.25) is 0 Å². The van der Waals surface area contributed by atoms with Gasteiger partial charge in [0, 0.05) is 49.6 Å². The van der Waals surface area contributed by atoms with Crippen LogP contribution in [0.15, 0.2) is 47.2 Å². The number of rotatable bonds is 5. The van der Waals surface area contributed by atoms with Crippen LogP contribution >= 0.6 is 15.9 Å². The van der Waals surface area contributed by atoms with Gasteiger partial charge in [-0.05, 0) is 17.7 Å². The van der Waals surface area contributed by atoms with E-state index in [0.717, 1.165) is 24.1 Å². The topological polar surface area (TPSA) is 58.6 Å². The average molecular weight is 417 g/mol. The van der Waals surface area contributed by atoms with Crippen LogP contribution in [0.3, 0.4) is 0 Å². The highest BCUT2D eigenvalue weighted by atomic mass is 79.9. The smallest absolute Gasteiger partial charge is 0.316 e. The first kappa shape index (κ1) is 18.5. The molecule has 1 amide bonds. The standard InChI is InChI=1S/C19H21BrN4O2/c1-26-19-21-13-16(14-22-19)18(25)24-11-9-23(10-12-24)8-2-3-15-4-6-17(20)7-5-15/h2-7,13-14H,8-12H2,1H3/b3-2+. The molecule has 1 aliphatic rings. The Morgan fingerprint density at radius 3 is 2.42 bits per heavy atom. The maximum atomic E-state index is 12.5. The molecule has 0 atom stereocenters. The second-order valence-electron chi connectivity index (χ2n) is 6.01. The number of hydrogen-bond donors (Lipinski definition) is 0. The van der Waals surface area contributed by atoms with E-state index >= 15 is 0 Å². The summed E-state index contributed by atoms with van der Waals surface area (Å²) in [4.78, 5) is 24.7. The number of ether oxygens (including phenoxy) is 1. The van der Waals surface area contributed by atoms with E-state index in [4.69, 9.17) is 4.74 Å². The molecule has 6 nitrogen and oxygen atoms in total. The van der Waals surface area contributed by atoms with E-state index in [-0.39, 0.29) is 11.9 Å². The molecule has 3 rings (SSSR count). The molecule has 136 valence electrons. The van der Waals surface area contributed by atoms with Crippen molar-refractivity contribution in [2.45, 2.75) is 0 Å². The zero-order valence-electron chi connectivity index (χ0n) is 14.6. The number of amides is 1. The number of piperazine rings is 1. The lowest BCUT2D eigenvalue weighted by Crippen LogP contribution is -2.48. The lowest BCUT2D eigenvalue weighted by Gasteiger charge is -2.34. The molecule has 2 heterocycles. The third-order valence-corrected chi connectivity index (χ3v) is 4.79. The lowest BCUT2D eigenvalue weighted by atomic mass is 10.2. The van der Waals surface area contributed by atoms with Gasteiger partial charge in [0.25, 0.3) is 5.91 Å². The second-order valence-corrected chi connectivity index (χ2v) is 6.92. The Bertz CT molecular complexity index is 754. The monoisotopic (exact) mass is 416 g/mol. The summed E-state index contributed by atoms with van der Waals surface area (Å²) in [5, 5.41) is 0. The van der Waals surface area contributed by atoms with Crippen LogP contribution in [0.4, 0.5) is 0 Å². The molecule has 2 aromatic rings. The van der Waals surface area contributed by atoms with Crippen molar-refractivity contribution in [3.8, 4) is 6.01 Å². The fourth-order valence-corrected chi connectivity index (χ4v) is 3.02. The van der Waals surface area contributed by atoms with Gasteiger partial charge in [-0.1, -0.05) is 40.2 Å². The van der Waals surface area contributed by atoms with Crippen molar-refractivity contribution in [1.29, 1.82) is 0 Å². The Hall–Kier alpha value is -2.25. The van der Waals surface area contributed by atoms with Crippen LogP contribution in [0.5, 0.6) is 6.01 Å². The van der Waals surface area contributed by atoms with Gasteiger partial charge >= 0.3 is 6.01 Å². The van der Waals surface area contributed by atoms with E-state index in [1.165, 1.54) is 25.1 Å². The summed E-state index contributed by atoms with van der Waals surface area (Å²) in [6, 6.07) is 8.49. The number of carbonyl (C=O) groups excluding carboxylic acids is 1. The summed E-state index contributed by atoms with van der Waals surface area (Å²) in [5.41, 5.74) is 1.68. The fraction of sp³-hybridized carbons (Fsp3) is 0.316. The predicted octanol–water partition coefficient (Wildman–Crippen LogP) is 2.72. The quantitative estimate of drug-likeness (QED) is 0.749. The first-order valence-corrected chi connectivity index (χ1v) is 9.25. The van der Waals surface area contributed by atoms with Gasteiger partial charge in [-0.2, -0.15) is 0 Å². The maximum absolute atomic E-state index is 12.5. The van der Waals surface area contributed by atoms with E-state index in [9.17, 15) is 4.79 Å². The van der Waals surface area contributed by atoms with Crippen molar-refractivity contribution in [3.63, 3.8) is 0 Å². The van der Waals surface area contributed by atoms with Gasteiger partial charge in [-0.3, -0.25) is 9.69 Å². The third-order valence-electron chi connectivity index (χ3n) is 4.26. The number of benzene rings is 1. The Kier molecular flexibility index (Phi) is 6.35. The van der Waals surface area contributed by atoms with Crippen LogP contribution in [0, 0.1) is 0 Å². The lowest BCUT2D eigenvalue weighted by molar-refractivity contribution is 0.0649. The Balaban J connectivity index is 1.47. The minimum Gasteiger partial charge on any atom is -0.467 e. The average Bonchev–Trinajstić information content (AvgIpc) is 2.69. The molecule has 1 aliphatic heterocycles. The number of halogens is 1. The summed E-state index contributed by atoms with van der Waals surface area (Å²) in [7, 11) is 1.50. The molecule has 26 heavy (non-hydrogen) atoms.